The Morgan fingerprint density at radius 3 is 0.233 bits per heavy atom. The maximum atomic E-state index is 8.52. The largest absolute Gasteiger partial charge is 1.00 e. The molecule has 0 aromatic rings. The molecule has 0 saturated carbocycles. The zero-order valence-electron chi connectivity index (χ0n) is 18.6. The molecule has 0 unspecified atom stereocenters. The van der Waals surface area contributed by atoms with Crippen molar-refractivity contribution >= 4 is 45.9 Å². The van der Waals surface area contributed by atoms with Crippen LogP contribution in [0.25, 0.3) is 0 Å². The summed E-state index contributed by atoms with van der Waals surface area (Å²) in [4.78, 5) is 85.2. The van der Waals surface area contributed by atoms with Crippen LogP contribution < -0.4 is 344 Å². The maximum Gasteiger partial charge on any atom is 1.00 e. The quantitative estimate of drug-likeness (QED) is 0.230. The molecule has 120 valence electrons. The third-order valence-electron chi connectivity index (χ3n) is 0. The summed E-state index contributed by atoms with van der Waals surface area (Å²) in [6.45, 7) is 0. The Hall–Kier alpha value is 8.08. The molecule has 0 rings (SSSR count). The van der Waals surface area contributed by atoms with E-state index in [-0.39, 0.29) is 296 Å². The van der Waals surface area contributed by atoms with Crippen molar-refractivity contribution in [3.8, 4) is 0 Å². The molecule has 0 saturated heterocycles. The number of hydrogen-bond donors (Lipinski definition) is 0. The van der Waals surface area contributed by atoms with E-state index in [0.29, 0.717) is 0 Å². The van der Waals surface area contributed by atoms with Gasteiger partial charge in [0.15, 0.2) is 0 Å². The van der Waals surface area contributed by atoms with Crippen LogP contribution in [0.4, 0.5) is 0 Å². The Bertz CT molecular complexity index is 229. The Kier molecular flexibility index (Phi) is 297. The third kappa shape index (κ3) is 680. The Morgan fingerprint density at radius 2 is 0.233 bits per heavy atom. The van der Waals surface area contributed by atoms with Gasteiger partial charge in [0.25, 0.3) is 0 Å². The van der Waals surface area contributed by atoms with Crippen LogP contribution in [0.5, 0.6) is 0 Å². The van der Waals surface area contributed by atoms with Crippen LogP contribution in [-0.2, 0) is 22.3 Å². The molecule has 0 spiro atoms. The van der Waals surface area contributed by atoms with Crippen molar-refractivity contribution in [2.24, 2.45) is 0 Å². The van der Waals surface area contributed by atoms with Crippen LogP contribution in [0, 0.1) is 0 Å². The summed E-state index contributed by atoms with van der Waals surface area (Å²) in [7, 11) is -18.1. The number of hydrogen-bond acceptors (Lipinski definition) is 15. The van der Waals surface area contributed by atoms with Gasteiger partial charge in [-0.2, -0.15) is 0 Å². The van der Waals surface area contributed by atoms with Crippen LogP contribution >= 0.6 is 0 Å². The molecular formula is Na10O15Si5. The molecule has 0 bridgehead atoms. The molecular weight excluding hydrogens is 610 g/mol. The Balaban J connectivity index is -0.00000000666. The molecule has 0 aliphatic rings. The molecule has 0 aliphatic carbocycles. The van der Waals surface area contributed by atoms with Gasteiger partial charge in [-0.1, -0.05) is 0 Å². The van der Waals surface area contributed by atoms with Gasteiger partial charge in [-0.15, -0.1) is 0 Å². The Labute approximate surface area is 401 Å². The summed E-state index contributed by atoms with van der Waals surface area (Å²) in [5.41, 5.74) is 0. The third-order valence-corrected chi connectivity index (χ3v) is 0. The zero-order chi connectivity index (χ0) is 17.9. The molecule has 0 aliphatic heterocycles. The van der Waals surface area contributed by atoms with E-state index in [0.717, 1.165) is 0 Å². The molecule has 0 aromatic heterocycles. The van der Waals surface area contributed by atoms with E-state index in [1.807, 2.05) is 0 Å². The van der Waals surface area contributed by atoms with Crippen LogP contribution in [0.15, 0.2) is 0 Å². The molecule has 30 heteroatoms. The van der Waals surface area contributed by atoms with Crippen molar-refractivity contribution in [1.82, 2.24) is 0 Å². The fourth-order valence-corrected chi connectivity index (χ4v) is 0. The molecule has 0 atom stereocenters. The van der Waals surface area contributed by atoms with Gasteiger partial charge >= 0.3 is 296 Å². The first-order valence-corrected chi connectivity index (χ1v) is 9.19. The Morgan fingerprint density at radius 1 is 0.233 bits per heavy atom. The van der Waals surface area contributed by atoms with Crippen LogP contribution in [0.2, 0.25) is 0 Å². The molecule has 30 heavy (non-hydrogen) atoms. The van der Waals surface area contributed by atoms with Crippen LogP contribution in [0.1, 0.15) is 0 Å². The molecule has 0 heterocycles. The minimum atomic E-state index is -3.63. The van der Waals surface area contributed by atoms with Gasteiger partial charge in [-0.25, -0.2) is 0 Å². The minimum absolute atomic E-state index is 0. The molecule has 0 radical (unpaired) electrons. The van der Waals surface area contributed by atoms with E-state index >= 15 is 0 Å². The molecule has 0 amide bonds. The van der Waals surface area contributed by atoms with Crippen LogP contribution in [0.3, 0.4) is 0 Å². The fraction of sp³-hybridized carbons (Fsp3) is 0. The van der Waals surface area contributed by atoms with Gasteiger partial charge in [0, 0.05) is 45.9 Å². The first-order chi connectivity index (χ1) is 8.66. The normalized spacial score (nSPS) is 4.00. The van der Waals surface area contributed by atoms with Gasteiger partial charge in [0.2, 0.25) is 0 Å². The van der Waals surface area contributed by atoms with Gasteiger partial charge in [-0.3, -0.25) is 0 Å². The summed E-state index contributed by atoms with van der Waals surface area (Å²) in [6, 6.07) is 0. The van der Waals surface area contributed by atoms with E-state index in [1.165, 1.54) is 0 Å². The predicted octanol–water partition coefficient (Wildman–Crippen LogP) is -44.3. The molecule has 0 N–H and O–H groups in total. The number of rotatable bonds is 0. The summed E-state index contributed by atoms with van der Waals surface area (Å²) in [5, 5.41) is 0. The topological polar surface area (TPSA) is 316 Å². The van der Waals surface area contributed by atoms with Crippen molar-refractivity contribution in [3.63, 3.8) is 0 Å². The molecule has 0 fully saturated rings. The van der Waals surface area contributed by atoms with E-state index < -0.39 is 45.9 Å². The van der Waals surface area contributed by atoms with Crippen molar-refractivity contribution in [2.45, 2.75) is 0 Å². The zero-order valence-corrected chi connectivity index (χ0v) is 43.6. The second-order valence-electron chi connectivity index (χ2n) is 1.25. The second-order valence-corrected chi connectivity index (χ2v) is 3.75. The summed E-state index contributed by atoms with van der Waals surface area (Å²) in [6.07, 6.45) is 0. The average Bonchev–Trinajstić information content (AvgIpc) is 1.94. The van der Waals surface area contributed by atoms with Crippen molar-refractivity contribution < 1.29 is 366 Å². The monoisotopic (exact) mass is 610 g/mol. The standard InChI is InChI=1S/10Na.5O3Si/c;;;;;;;;;;5*1-4(2)3/q10*+1;5*-2. The summed E-state index contributed by atoms with van der Waals surface area (Å²) in [5.74, 6) is 0. The van der Waals surface area contributed by atoms with Gasteiger partial charge in [-0.05, 0) is 0 Å². The second kappa shape index (κ2) is 90.6. The summed E-state index contributed by atoms with van der Waals surface area (Å²) >= 11 is 0. The van der Waals surface area contributed by atoms with E-state index in [9.17, 15) is 0 Å². The maximum absolute atomic E-state index is 8.52. The molecule has 15 nitrogen and oxygen atoms in total. The SMILES string of the molecule is O=[Si]([O-])[O-].O=[Si]([O-])[O-].O=[Si]([O-])[O-].O=[Si]([O-])[O-].O=[Si]([O-])[O-].[Na+].[Na+].[Na+].[Na+].[Na+].[Na+].[Na+].[Na+].[Na+].[Na+]. The fourth-order valence-electron chi connectivity index (χ4n) is 0. The van der Waals surface area contributed by atoms with E-state index in [4.69, 9.17) is 70.3 Å². The van der Waals surface area contributed by atoms with Crippen molar-refractivity contribution in [1.29, 1.82) is 0 Å². The van der Waals surface area contributed by atoms with E-state index in [1.54, 1.807) is 0 Å². The van der Waals surface area contributed by atoms with Crippen molar-refractivity contribution in [3.05, 3.63) is 0 Å². The minimum Gasteiger partial charge on any atom is -0.672 e. The van der Waals surface area contributed by atoms with Crippen LogP contribution in [-0.4, -0.2) is 45.9 Å². The van der Waals surface area contributed by atoms with Gasteiger partial charge in [0.1, 0.15) is 0 Å². The first-order valence-electron chi connectivity index (χ1n) is 3.06. The van der Waals surface area contributed by atoms with Crippen molar-refractivity contribution in [2.75, 3.05) is 0 Å². The van der Waals surface area contributed by atoms with Gasteiger partial charge in [0.05, 0.1) is 0 Å². The smallest absolute Gasteiger partial charge is 0.672 e. The predicted molar refractivity (Wildman–Crippen MR) is 32.2 cm³/mol. The average molecular weight is 610 g/mol. The molecule has 0 aromatic carbocycles. The summed E-state index contributed by atoms with van der Waals surface area (Å²) < 4.78 is 42.6. The first kappa shape index (κ1) is 98.3. The van der Waals surface area contributed by atoms with E-state index in [2.05, 4.69) is 0 Å². The van der Waals surface area contributed by atoms with Gasteiger partial charge < -0.3 is 70.3 Å².